The highest BCUT2D eigenvalue weighted by molar-refractivity contribution is 9.10. The molecule has 1 rings (SSSR count). The number of benzene rings is 1. The minimum absolute atomic E-state index is 0.612. The van der Waals surface area contributed by atoms with E-state index in [1.807, 2.05) is 0 Å². The Morgan fingerprint density at radius 1 is 1.06 bits per heavy atom. The smallest absolute Gasteiger partial charge is 0.0175 e. The molecular weight excluding hydrogens is 286 g/mol. The van der Waals surface area contributed by atoms with Gasteiger partial charge in [-0.2, -0.15) is 0 Å². The summed E-state index contributed by atoms with van der Waals surface area (Å²) < 4.78 is 1.16. The van der Waals surface area contributed by atoms with Crippen LogP contribution in [0.5, 0.6) is 0 Å². The third-order valence-corrected chi connectivity index (χ3v) is 4.19. The average molecular weight is 312 g/mol. The largest absolute Gasteiger partial charge is 0.314 e. The van der Waals surface area contributed by atoms with Crippen molar-refractivity contribution in [1.29, 1.82) is 0 Å². The van der Waals surface area contributed by atoms with E-state index >= 15 is 0 Å². The molecule has 0 aromatic heterocycles. The zero-order chi connectivity index (χ0) is 13.4. The molecule has 18 heavy (non-hydrogen) atoms. The third-order valence-electron chi connectivity index (χ3n) is 3.66. The zero-order valence-corrected chi connectivity index (χ0v) is 13.5. The van der Waals surface area contributed by atoms with Crippen molar-refractivity contribution in [2.24, 2.45) is 5.92 Å². The summed E-state index contributed by atoms with van der Waals surface area (Å²) in [5.74, 6) is 0.851. The predicted octanol–water partition coefficient (Wildman–Crippen LogP) is 4.80. The van der Waals surface area contributed by atoms with Gasteiger partial charge < -0.3 is 5.32 Å². The van der Waals surface area contributed by atoms with Crippen molar-refractivity contribution < 1.29 is 0 Å². The van der Waals surface area contributed by atoms with Crippen LogP contribution in [0.2, 0.25) is 0 Å². The molecule has 1 N–H and O–H groups in total. The van der Waals surface area contributed by atoms with Gasteiger partial charge in [-0.05, 0) is 43.0 Å². The fourth-order valence-electron chi connectivity index (χ4n) is 2.46. The summed E-state index contributed by atoms with van der Waals surface area (Å²) >= 11 is 3.49. The van der Waals surface area contributed by atoms with Crippen molar-refractivity contribution in [3.63, 3.8) is 0 Å². The van der Waals surface area contributed by atoms with Gasteiger partial charge in [-0.15, -0.1) is 0 Å². The van der Waals surface area contributed by atoms with Gasteiger partial charge >= 0.3 is 0 Å². The second-order valence-electron chi connectivity index (χ2n) is 5.00. The summed E-state index contributed by atoms with van der Waals surface area (Å²) in [6.07, 6.45) is 5.01. The molecule has 0 aliphatic heterocycles. The van der Waals surface area contributed by atoms with Gasteiger partial charge in [-0.3, -0.25) is 0 Å². The van der Waals surface area contributed by atoms with E-state index < -0.39 is 0 Å². The summed E-state index contributed by atoms with van der Waals surface area (Å²) in [7, 11) is 0. The van der Waals surface area contributed by atoms with E-state index in [-0.39, 0.29) is 0 Å². The SMILES string of the molecule is CCNC(Cc1ccc(Br)cc1)CC(CC)CC. The molecule has 1 nitrogen and oxygen atoms in total. The maximum Gasteiger partial charge on any atom is 0.0175 e. The van der Waals surface area contributed by atoms with E-state index in [1.54, 1.807) is 0 Å². The van der Waals surface area contributed by atoms with Crippen molar-refractivity contribution in [2.45, 2.75) is 52.5 Å². The third kappa shape index (κ3) is 5.53. The molecular formula is C16H26BrN. The van der Waals surface area contributed by atoms with Crippen LogP contribution in [0.3, 0.4) is 0 Å². The summed E-state index contributed by atoms with van der Waals surface area (Å²) in [5, 5.41) is 3.63. The Hall–Kier alpha value is -0.340. The summed E-state index contributed by atoms with van der Waals surface area (Å²) in [6, 6.07) is 9.33. The summed E-state index contributed by atoms with van der Waals surface area (Å²) in [6.45, 7) is 7.86. The van der Waals surface area contributed by atoms with Crippen LogP contribution in [0.15, 0.2) is 28.7 Å². The highest BCUT2D eigenvalue weighted by Crippen LogP contribution is 2.18. The number of rotatable bonds is 8. The standard InChI is InChI=1S/C16H26BrN/c1-4-13(5-2)11-16(18-6-3)12-14-7-9-15(17)10-8-14/h7-10,13,16,18H,4-6,11-12H2,1-3H3. The summed E-state index contributed by atoms with van der Waals surface area (Å²) in [5.41, 5.74) is 1.43. The molecule has 1 atom stereocenters. The minimum Gasteiger partial charge on any atom is -0.314 e. The van der Waals surface area contributed by atoms with E-state index in [2.05, 4.69) is 66.3 Å². The van der Waals surface area contributed by atoms with E-state index in [1.165, 1.54) is 24.8 Å². The average Bonchev–Trinajstić information content (AvgIpc) is 2.38. The lowest BCUT2D eigenvalue weighted by atomic mass is 9.91. The van der Waals surface area contributed by atoms with Crippen LogP contribution in [0.4, 0.5) is 0 Å². The van der Waals surface area contributed by atoms with Crippen LogP contribution < -0.4 is 5.32 Å². The Morgan fingerprint density at radius 2 is 1.67 bits per heavy atom. The van der Waals surface area contributed by atoms with Crippen LogP contribution in [-0.2, 0) is 6.42 Å². The number of halogens is 1. The molecule has 0 saturated carbocycles. The van der Waals surface area contributed by atoms with Crippen molar-refractivity contribution in [1.82, 2.24) is 5.32 Å². The lowest BCUT2D eigenvalue weighted by Gasteiger charge is -2.23. The van der Waals surface area contributed by atoms with E-state index in [0.717, 1.165) is 23.4 Å². The van der Waals surface area contributed by atoms with Crippen molar-refractivity contribution in [3.8, 4) is 0 Å². The first kappa shape index (κ1) is 15.7. The van der Waals surface area contributed by atoms with Crippen molar-refractivity contribution in [2.75, 3.05) is 6.54 Å². The number of hydrogen-bond acceptors (Lipinski definition) is 1. The lowest BCUT2D eigenvalue weighted by Crippen LogP contribution is -2.33. The Kier molecular flexibility index (Phi) is 7.60. The topological polar surface area (TPSA) is 12.0 Å². The molecule has 0 spiro atoms. The van der Waals surface area contributed by atoms with E-state index in [9.17, 15) is 0 Å². The van der Waals surface area contributed by atoms with Gasteiger partial charge in [-0.25, -0.2) is 0 Å². The van der Waals surface area contributed by atoms with Crippen LogP contribution >= 0.6 is 15.9 Å². The minimum atomic E-state index is 0.612. The molecule has 0 aliphatic rings. The highest BCUT2D eigenvalue weighted by atomic mass is 79.9. The maximum absolute atomic E-state index is 3.63. The molecule has 1 unspecified atom stereocenters. The molecule has 0 amide bonds. The Balaban J connectivity index is 2.58. The van der Waals surface area contributed by atoms with Gasteiger partial charge in [0.15, 0.2) is 0 Å². The first-order valence-electron chi connectivity index (χ1n) is 7.17. The molecule has 0 bridgehead atoms. The highest BCUT2D eigenvalue weighted by Gasteiger charge is 2.13. The molecule has 2 heteroatoms. The number of nitrogens with one attached hydrogen (secondary N) is 1. The molecule has 1 aromatic rings. The molecule has 102 valence electrons. The molecule has 0 fully saturated rings. The van der Waals surface area contributed by atoms with Crippen LogP contribution in [-0.4, -0.2) is 12.6 Å². The Morgan fingerprint density at radius 3 is 2.17 bits per heavy atom. The van der Waals surface area contributed by atoms with Crippen LogP contribution in [0, 0.1) is 5.92 Å². The first-order chi connectivity index (χ1) is 8.69. The summed E-state index contributed by atoms with van der Waals surface area (Å²) in [4.78, 5) is 0. The van der Waals surface area contributed by atoms with Gasteiger partial charge in [0.2, 0.25) is 0 Å². The maximum atomic E-state index is 3.63. The van der Waals surface area contributed by atoms with Crippen molar-refractivity contribution in [3.05, 3.63) is 34.3 Å². The van der Waals surface area contributed by atoms with Gasteiger partial charge in [0.1, 0.15) is 0 Å². The Bertz CT molecular complexity index is 316. The van der Waals surface area contributed by atoms with E-state index in [0.29, 0.717) is 6.04 Å². The zero-order valence-electron chi connectivity index (χ0n) is 11.9. The van der Waals surface area contributed by atoms with Gasteiger partial charge in [-0.1, -0.05) is 61.7 Å². The Labute approximate surface area is 120 Å². The van der Waals surface area contributed by atoms with Crippen LogP contribution in [0.25, 0.3) is 0 Å². The number of hydrogen-bond donors (Lipinski definition) is 1. The second-order valence-corrected chi connectivity index (χ2v) is 5.92. The van der Waals surface area contributed by atoms with Crippen molar-refractivity contribution >= 4 is 15.9 Å². The fourth-order valence-corrected chi connectivity index (χ4v) is 2.72. The second kappa shape index (κ2) is 8.71. The molecule has 1 aromatic carbocycles. The van der Waals surface area contributed by atoms with E-state index in [4.69, 9.17) is 0 Å². The molecule has 0 radical (unpaired) electrons. The molecule has 0 heterocycles. The first-order valence-corrected chi connectivity index (χ1v) is 7.96. The van der Waals surface area contributed by atoms with Gasteiger partial charge in [0.25, 0.3) is 0 Å². The molecule has 0 aliphatic carbocycles. The van der Waals surface area contributed by atoms with Crippen LogP contribution in [0.1, 0.15) is 45.6 Å². The van der Waals surface area contributed by atoms with Gasteiger partial charge in [0, 0.05) is 10.5 Å². The van der Waals surface area contributed by atoms with Gasteiger partial charge in [0.05, 0.1) is 0 Å². The fraction of sp³-hybridized carbons (Fsp3) is 0.625. The number of likely N-dealkylation sites (N-methyl/N-ethyl adjacent to an activating group) is 1. The lowest BCUT2D eigenvalue weighted by molar-refractivity contribution is 0.367. The monoisotopic (exact) mass is 311 g/mol. The molecule has 0 saturated heterocycles. The predicted molar refractivity (Wildman–Crippen MR) is 84.0 cm³/mol. The quantitative estimate of drug-likeness (QED) is 0.727. The normalized spacial score (nSPS) is 12.9.